The van der Waals surface area contributed by atoms with E-state index in [1.54, 1.807) is 19.9 Å². The number of aromatic hydroxyl groups is 1. The van der Waals surface area contributed by atoms with Gasteiger partial charge in [-0.2, -0.15) is 0 Å². The molecule has 3 aliphatic carbocycles. The summed E-state index contributed by atoms with van der Waals surface area (Å²) in [6, 6.07) is 10.5. The molecule has 214 valence electrons. The van der Waals surface area contributed by atoms with Gasteiger partial charge < -0.3 is 20.4 Å². The maximum atomic E-state index is 13.9. The largest absolute Gasteiger partial charge is 0.511 e. The molecule has 0 amide bonds. The van der Waals surface area contributed by atoms with Gasteiger partial charge in [0.25, 0.3) is 0 Å². The number of phenolic OH excluding ortho intramolecular Hbond substituents is 1. The monoisotopic (exact) mass is 558 g/mol. The van der Waals surface area contributed by atoms with Crippen LogP contribution >= 0.6 is 0 Å². The molecule has 0 fully saturated rings. The van der Waals surface area contributed by atoms with E-state index in [0.717, 1.165) is 18.1 Å². The van der Waals surface area contributed by atoms with E-state index in [2.05, 4.69) is 0 Å². The van der Waals surface area contributed by atoms with E-state index in [1.165, 1.54) is 6.07 Å². The number of Topliss-reactive ketones (excluding diaryl/α,β-unsaturated/α-hetero) is 4. The molecular weight excluding hydrogens is 524 g/mol. The van der Waals surface area contributed by atoms with E-state index in [1.807, 2.05) is 31.2 Å². The second-order valence-corrected chi connectivity index (χ2v) is 11.8. The number of fused-ring (bicyclic) bond motifs is 3. The van der Waals surface area contributed by atoms with Crippen LogP contribution < -0.4 is 0 Å². The molecule has 0 spiro atoms. The predicted octanol–water partition coefficient (Wildman–Crippen LogP) is 4.75. The zero-order chi connectivity index (χ0) is 30.0. The number of allylic oxidation sites excluding steroid dienone is 2. The molecule has 3 aliphatic rings. The van der Waals surface area contributed by atoms with Crippen LogP contribution in [0.2, 0.25) is 0 Å². The Kier molecular flexibility index (Phi) is 7.02. The zero-order valence-corrected chi connectivity index (χ0v) is 23.5. The van der Waals surface area contributed by atoms with Crippen LogP contribution in [0.1, 0.15) is 62.0 Å². The van der Waals surface area contributed by atoms with Gasteiger partial charge in [0.1, 0.15) is 28.6 Å². The number of carbonyl (C=O) groups is 4. The van der Waals surface area contributed by atoms with Gasteiger partial charge in [0, 0.05) is 30.3 Å². The molecule has 0 bridgehead atoms. The molecule has 0 aromatic heterocycles. The SMILES string of the molecule is CCC(=O)Cc1ccc(-c2ccc(O)c3c2CC2CC4C(C(C)C)C(O)=C(C(C)=O)C(=O)C4(O)C(O)=C2C3=O)cc1. The van der Waals surface area contributed by atoms with Crippen molar-refractivity contribution in [1.29, 1.82) is 0 Å². The summed E-state index contributed by atoms with van der Waals surface area (Å²) in [6.07, 6.45) is 1.10. The summed E-state index contributed by atoms with van der Waals surface area (Å²) < 4.78 is 0. The van der Waals surface area contributed by atoms with Crippen molar-refractivity contribution in [2.45, 2.75) is 59.0 Å². The highest BCUT2D eigenvalue weighted by Crippen LogP contribution is 2.55. The Hall–Kier alpha value is -4.04. The van der Waals surface area contributed by atoms with Crippen LogP contribution in [0, 0.1) is 23.7 Å². The van der Waals surface area contributed by atoms with Gasteiger partial charge in [0.05, 0.1) is 5.56 Å². The minimum absolute atomic E-state index is 0.0126. The van der Waals surface area contributed by atoms with Crippen molar-refractivity contribution in [3.05, 3.63) is 75.8 Å². The summed E-state index contributed by atoms with van der Waals surface area (Å²) in [4.78, 5) is 51.7. The second-order valence-electron chi connectivity index (χ2n) is 11.8. The number of aliphatic hydroxyl groups excluding tert-OH is 2. The molecule has 5 rings (SSSR count). The average molecular weight is 559 g/mol. The third kappa shape index (κ3) is 4.23. The van der Waals surface area contributed by atoms with Crippen LogP contribution in [0.4, 0.5) is 0 Å². The number of hydrogen-bond acceptors (Lipinski definition) is 8. The first kappa shape index (κ1) is 28.5. The van der Waals surface area contributed by atoms with Gasteiger partial charge >= 0.3 is 0 Å². The number of ketones is 4. The Morgan fingerprint density at radius 3 is 2.27 bits per heavy atom. The topological polar surface area (TPSA) is 149 Å². The molecule has 41 heavy (non-hydrogen) atoms. The molecule has 8 heteroatoms. The van der Waals surface area contributed by atoms with Gasteiger partial charge in [-0.05, 0) is 59.9 Å². The second kappa shape index (κ2) is 10.1. The normalized spacial score (nSPS) is 25.7. The molecule has 4 atom stereocenters. The van der Waals surface area contributed by atoms with E-state index < -0.39 is 57.8 Å². The van der Waals surface area contributed by atoms with Gasteiger partial charge in [0.15, 0.2) is 17.2 Å². The van der Waals surface area contributed by atoms with E-state index in [-0.39, 0.29) is 41.4 Å². The number of rotatable bonds is 6. The molecular formula is C33H34O8. The fourth-order valence-corrected chi connectivity index (χ4v) is 7.02. The Balaban J connectivity index is 1.64. The lowest BCUT2D eigenvalue weighted by Crippen LogP contribution is -2.60. The van der Waals surface area contributed by atoms with Crippen LogP contribution in [0.5, 0.6) is 5.75 Å². The molecule has 8 nitrogen and oxygen atoms in total. The molecule has 2 aromatic carbocycles. The highest BCUT2D eigenvalue weighted by molar-refractivity contribution is 6.25. The maximum absolute atomic E-state index is 13.9. The lowest BCUT2D eigenvalue weighted by Gasteiger charge is -2.50. The molecule has 0 aliphatic heterocycles. The summed E-state index contributed by atoms with van der Waals surface area (Å²) in [5.41, 5.74) is -0.354. The van der Waals surface area contributed by atoms with Crippen LogP contribution in [-0.4, -0.2) is 49.2 Å². The molecule has 4 N–H and O–H groups in total. The smallest absolute Gasteiger partial charge is 0.209 e. The van der Waals surface area contributed by atoms with E-state index >= 15 is 0 Å². The fraction of sp³-hybridized carbons (Fsp3) is 0.394. The fourth-order valence-electron chi connectivity index (χ4n) is 7.02. The minimum Gasteiger partial charge on any atom is -0.511 e. The first-order chi connectivity index (χ1) is 19.3. The van der Waals surface area contributed by atoms with Crippen LogP contribution in [0.3, 0.4) is 0 Å². The van der Waals surface area contributed by atoms with Gasteiger partial charge in [-0.15, -0.1) is 0 Å². The Bertz CT molecular complexity index is 1560. The summed E-state index contributed by atoms with van der Waals surface area (Å²) in [6.45, 7) is 6.51. The Labute approximate surface area is 238 Å². The zero-order valence-electron chi connectivity index (χ0n) is 23.5. The van der Waals surface area contributed by atoms with Gasteiger partial charge in [-0.1, -0.05) is 51.1 Å². The molecule has 2 aromatic rings. The predicted molar refractivity (Wildman–Crippen MR) is 150 cm³/mol. The first-order valence-electron chi connectivity index (χ1n) is 14.0. The van der Waals surface area contributed by atoms with E-state index in [0.29, 0.717) is 24.0 Å². The molecule has 0 saturated heterocycles. The Morgan fingerprint density at radius 1 is 1.02 bits per heavy atom. The minimum atomic E-state index is -2.56. The summed E-state index contributed by atoms with van der Waals surface area (Å²) in [7, 11) is 0. The summed E-state index contributed by atoms with van der Waals surface area (Å²) in [5.74, 6) is -6.61. The molecule has 0 radical (unpaired) electrons. The lowest BCUT2D eigenvalue weighted by molar-refractivity contribution is -0.149. The highest BCUT2D eigenvalue weighted by Gasteiger charge is 2.62. The number of hydrogen-bond donors (Lipinski definition) is 4. The molecule has 4 unspecified atom stereocenters. The number of benzene rings is 2. The third-order valence-corrected chi connectivity index (χ3v) is 9.02. The standard InChI is InChI=1S/C33H34O8/c1-5-20(35)12-17-6-8-18(9-7-17)21-10-11-24(36)28-22(21)13-19-14-23-25(15(2)3)29(37)26(16(4)34)31(39)33(23,41)32(40)27(19)30(28)38/h6-11,15,19,23,25,36-37,40-41H,5,12-14H2,1-4H3. The molecule has 0 heterocycles. The maximum Gasteiger partial charge on any atom is 0.209 e. The van der Waals surface area contributed by atoms with Gasteiger partial charge in [-0.3, -0.25) is 19.2 Å². The van der Waals surface area contributed by atoms with Crippen molar-refractivity contribution in [3.8, 4) is 16.9 Å². The van der Waals surface area contributed by atoms with E-state index in [9.17, 15) is 39.6 Å². The first-order valence-corrected chi connectivity index (χ1v) is 14.0. The van der Waals surface area contributed by atoms with Crippen molar-refractivity contribution < 1.29 is 39.6 Å². The summed E-state index contributed by atoms with van der Waals surface area (Å²) in [5, 5.41) is 45.1. The lowest BCUT2D eigenvalue weighted by atomic mass is 9.55. The average Bonchev–Trinajstić information content (AvgIpc) is 2.91. The van der Waals surface area contributed by atoms with Crippen molar-refractivity contribution in [2.24, 2.45) is 23.7 Å². The van der Waals surface area contributed by atoms with Crippen molar-refractivity contribution >= 4 is 23.1 Å². The van der Waals surface area contributed by atoms with E-state index in [4.69, 9.17) is 0 Å². The third-order valence-electron chi connectivity index (χ3n) is 9.02. The highest BCUT2D eigenvalue weighted by atomic mass is 16.3. The van der Waals surface area contributed by atoms with Crippen molar-refractivity contribution in [2.75, 3.05) is 0 Å². The van der Waals surface area contributed by atoms with Crippen LogP contribution in [-0.2, 0) is 27.2 Å². The van der Waals surface area contributed by atoms with Crippen molar-refractivity contribution in [3.63, 3.8) is 0 Å². The van der Waals surface area contributed by atoms with Crippen LogP contribution in [0.25, 0.3) is 11.1 Å². The van der Waals surface area contributed by atoms with Crippen LogP contribution in [0.15, 0.2) is 59.1 Å². The quantitative estimate of drug-likeness (QED) is 0.371. The van der Waals surface area contributed by atoms with Gasteiger partial charge in [0.2, 0.25) is 5.78 Å². The number of aliphatic hydroxyl groups is 3. The number of carbonyl (C=O) groups excluding carboxylic acids is 4. The molecule has 0 saturated carbocycles. The van der Waals surface area contributed by atoms with Crippen molar-refractivity contribution in [1.82, 2.24) is 0 Å². The Morgan fingerprint density at radius 2 is 1.68 bits per heavy atom. The number of phenols is 1. The summed E-state index contributed by atoms with van der Waals surface area (Å²) >= 11 is 0. The van der Waals surface area contributed by atoms with Gasteiger partial charge in [-0.25, -0.2) is 0 Å².